The molecule has 1 heterocycles. The van der Waals surface area contributed by atoms with Crippen molar-refractivity contribution in [3.05, 3.63) is 35.9 Å². The SMILES string of the molecule is CC1(C)CN(C2CCCC2)C(c2ccccc2)CN1. The Bertz CT molecular complexity index is 407. The van der Waals surface area contributed by atoms with Crippen LogP contribution in [0.2, 0.25) is 0 Å². The van der Waals surface area contributed by atoms with Crippen LogP contribution in [0.15, 0.2) is 30.3 Å². The van der Waals surface area contributed by atoms with Gasteiger partial charge in [-0.25, -0.2) is 0 Å². The molecule has 3 rings (SSSR count). The van der Waals surface area contributed by atoms with Crippen molar-refractivity contribution < 1.29 is 0 Å². The van der Waals surface area contributed by atoms with Crippen LogP contribution in [0.25, 0.3) is 0 Å². The molecule has 1 unspecified atom stereocenters. The van der Waals surface area contributed by atoms with Crippen molar-refractivity contribution in [2.24, 2.45) is 0 Å². The van der Waals surface area contributed by atoms with E-state index in [9.17, 15) is 0 Å². The first kappa shape index (κ1) is 13.1. The van der Waals surface area contributed by atoms with Gasteiger partial charge in [0.1, 0.15) is 0 Å². The first-order valence-corrected chi connectivity index (χ1v) is 7.71. The molecule has 2 fully saturated rings. The van der Waals surface area contributed by atoms with Gasteiger partial charge < -0.3 is 5.32 Å². The van der Waals surface area contributed by atoms with E-state index in [1.165, 1.54) is 31.2 Å². The minimum atomic E-state index is 0.244. The van der Waals surface area contributed by atoms with E-state index in [0.29, 0.717) is 6.04 Å². The van der Waals surface area contributed by atoms with Crippen LogP contribution in [-0.2, 0) is 0 Å². The average molecular weight is 258 g/mol. The van der Waals surface area contributed by atoms with Crippen molar-refractivity contribution in [3.63, 3.8) is 0 Å². The zero-order chi connectivity index (χ0) is 13.3. The number of hydrogen-bond donors (Lipinski definition) is 1. The highest BCUT2D eigenvalue weighted by molar-refractivity contribution is 5.21. The van der Waals surface area contributed by atoms with Crippen LogP contribution >= 0.6 is 0 Å². The van der Waals surface area contributed by atoms with E-state index in [1.54, 1.807) is 0 Å². The summed E-state index contributed by atoms with van der Waals surface area (Å²) in [6.07, 6.45) is 5.60. The van der Waals surface area contributed by atoms with E-state index in [4.69, 9.17) is 0 Å². The van der Waals surface area contributed by atoms with Crippen LogP contribution in [0.5, 0.6) is 0 Å². The Morgan fingerprint density at radius 2 is 1.79 bits per heavy atom. The minimum Gasteiger partial charge on any atom is -0.309 e. The Labute approximate surface area is 117 Å². The van der Waals surface area contributed by atoms with Crippen molar-refractivity contribution in [1.82, 2.24) is 10.2 Å². The number of piperazine rings is 1. The van der Waals surface area contributed by atoms with E-state index in [-0.39, 0.29) is 5.54 Å². The molecule has 19 heavy (non-hydrogen) atoms. The number of nitrogens with zero attached hydrogens (tertiary/aromatic N) is 1. The molecule has 1 N–H and O–H groups in total. The lowest BCUT2D eigenvalue weighted by atomic mass is 9.93. The molecule has 104 valence electrons. The van der Waals surface area contributed by atoms with E-state index in [1.807, 2.05) is 0 Å². The fraction of sp³-hybridized carbons (Fsp3) is 0.647. The Balaban J connectivity index is 1.84. The van der Waals surface area contributed by atoms with Gasteiger partial charge in [-0.1, -0.05) is 43.2 Å². The van der Waals surface area contributed by atoms with Crippen molar-refractivity contribution in [3.8, 4) is 0 Å². The standard InChI is InChI=1S/C17H26N2/c1-17(2)13-19(15-10-6-7-11-15)16(12-18-17)14-8-4-3-5-9-14/h3-5,8-9,15-16,18H,6-7,10-13H2,1-2H3. The maximum absolute atomic E-state index is 3.72. The normalized spacial score (nSPS) is 28.6. The maximum Gasteiger partial charge on any atom is 0.0476 e. The lowest BCUT2D eigenvalue weighted by Crippen LogP contribution is -2.60. The fourth-order valence-corrected chi connectivity index (χ4v) is 3.72. The van der Waals surface area contributed by atoms with Gasteiger partial charge in [-0.05, 0) is 32.3 Å². The van der Waals surface area contributed by atoms with Gasteiger partial charge in [0.05, 0.1) is 0 Å². The van der Waals surface area contributed by atoms with E-state index >= 15 is 0 Å². The molecule has 1 atom stereocenters. The molecule has 0 spiro atoms. The highest BCUT2D eigenvalue weighted by atomic mass is 15.3. The van der Waals surface area contributed by atoms with Crippen molar-refractivity contribution in [1.29, 1.82) is 0 Å². The molecule has 1 saturated heterocycles. The average Bonchev–Trinajstić information content (AvgIpc) is 2.92. The van der Waals surface area contributed by atoms with E-state index < -0.39 is 0 Å². The molecule has 0 radical (unpaired) electrons. The summed E-state index contributed by atoms with van der Waals surface area (Å²) < 4.78 is 0. The molecule has 0 aromatic heterocycles. The second-order valence-corrected chi connectivity index (χ2v) is 6.80. The second-order valence-electron chi connectivity index (χ2n) is 6.80. The zero-order valence-corrected chi connectivity index (χ0v) is 12.2. The van der Waals surface area contributed by atoms with Crippen LogP contribution in [0.1, 0.15) is 51.1 Å². The largest absolute Gasteiger partial charge is 0.309 e. The fourth-order valence-electron chi connectivity index (χ4n) is 3.72. The summed E-state index contributed by atoms with van der Waals surface area (Å²) in [5.41, 5.74) is 1.71. The molecule has 1 saturated carbocycles. The predicted octanol–water partition coefficient (Wildman–Crippen LogP) is 3.35. The number of nitrogens with one attached hydrogen (secondary N) is 1. The molecule has 0 amide bonds. The maximum atomic E-state index is 3.72. The van der Waals surface area contributed by atoms with Crippen LogP contribution in [-0.4, -0.2) is 29.6 Å². The molecule has 0 bridgehead atoms. The molecule has 1 aromatic carbocycles. The molecule has 1 aliphatic heterocycles. The summed E-state index contributed by atoms with van der Waals surface area (Å²) in [4.78, 5) is 2.78. The Hall–Kier alpha value is -0.860. The second kappa shape index (κ2) is 5.26. The summed E-state index contributed by atoms with van der Waals surface area (Å²) in [5.74, 6) is 0. The van der Waals surface area contributed by atoms with Crippen LogP contribution in [0, 0.1) is 0 Å². The van der Waals surface area contributed by atoms with Crippen molar-refractivity contribution >= 4 is 0 Å². The monoisotopic (exact) mass is 258 g/mol. The highest BCUT2D eigenvalue weighted by Crippen LogP contribution is 2.34. The molecule has 1 aromatic rings. The van der Waals surface area contributed by atoms with Gasteiger partial charge in [-0.15, -0.1) is 0 Å². The van der Waals surface area contributed by atoms with E-state index in [0.717, 1.165) is 19.1 Å². The molecular formula is C17H26N2. The molecular weight excluding hydrogens is 232 g/mol. The number of hydrogen-bond acceptors (Lipinski definition) is 2. The number of benzene rings is 1. The summed E-state index contributed by atoms with van der Waals surface area (Å²) in [7, 11) is 0. The first-order valence-electron chi connectivity index (χ1n) is 7.71. The van der Waals surface area contributed by atoms with Crippen LogP contribution < -0.4 is 5.32 Å². The van der Waals surface area contributed by atoms with Gasteiger partial charge in [-0.3, -0.25) is 4.90 Å². The van der Waals surface area contributed by atoms with Gasteiger partial charge in [0, 0.05) is 30.7 Å². The van der Waals surface area contributed by atoms with Gasteiger partial charge in [0.15, 0.2) is 0 Å². The molecule has 1 aliphatic carbocycles. The highest BCUT2D eigenvalue weighted by Gasteiger charge is 2.37. The van der Waals surface area contributed by atoms with Gasteiger partial charge in [-0.2, -0.15) is 0 Å². The first-order chi connectivity index (χ1) is 9.16. The lowest BCUT2D eigenvalue weighted by Gasteiger charge is -2.47. The lowest BCUT2D eigenvalue weighted by molar-refractivity contribution is 0.0554. The zero-order valence-electron chi connectivity index (χ0n) is 12.2. The Morgan fingerprint density at radius 1 is 1.11 bits per heavy atom. The van der Waals surface area contributed by atoms with Gasteiger partial charge in [0.25, 0.3) is 0 Å². The van der Waals surface area contributed by atoms with E-state index in [2.05, 4.69) is 54.4 Å². The molecule has 2 nitrogen and oxygen atoms in total. The topological polar surface area (TPSA) is 15.3 Å². The smallest absolute Gasteiger partial charge is 0.0476 e. The third kappa shape index (κ3) is 2.85. The summed E-state index contributed by atoms with van der Waals surface area (Å²) in [5, 5.41) is 3.72. The molecule has 2 heteroatoms. The predicted molar refractivity (Wildman–Crippen MR) is 80.2 cm³/mol. The summed E-state index contributed by atoms with van der Waals surface area (Å²) in [6, 6.07) is 12.4. The van der Waals surface area contributed by atoms with Gasteiger partial charge in [0.2, 0.25) is 0 Å². The van der Waals surface area contributed by atoms with Crippen molar-refractivity contribution in [2.75, 3.05) is 13.1 Å². The molecule has 2 aliphatic rings. The van der Waals surface area contributed by atoms with Crippen molar-refractivity contribution in [2.45, 2.75) is 57.2 Å². The minimum absolute atomic E-state index is 0.244. The number of rotatable bonds is 2. The Morgan fingerprint density at radius 3 is 2.47 bits per heavy atom. The van der Waals surface area contributed by atoms with Gasteiger partial charge >= 0.3 is 0 Å². The third-order valence-electron chi connectivity index (χ3n) is 4.73. The van der Waals surface area contributed by atoms with Crippen LogP contribution in [0.4, 0.5) is 0 Å². The quantitative estimate of drug-likeness (QED) is 0.875. The summed E-state index contributed by atoms with van der Waals surface area (Å²) >= 11 is 0. The van der Waals surface area contributed by atoms with Crippen LogP contribution in [0.3, 0.4) is 0 Å². The summed E-state index contributed by atoms with van der Waals surface area (Å²) in [6.45, 7) is 6.90. The third-order valence-corrected chi connectivity index (χ3v) is 4.73. The Kier molecular flexibility index (Phi) is 3.64.